The molecular weight excluding hydrogens is 320 g/mol. The van der Waals surface area contributed by atoms with Crippen LogP contribution in [-0.2, 0) is 22.4 Å². The van der Waals surface area contributed by atoms with Crippen molar-refractivity contribution in [2.75, 3.05) is 20.8 Å². The van der Waals surface area contributed by atoms with E-state index in [4.69, 9.17) is 14.2 Å². The van der Waals surface area contributed by atoms with E-state index >= 15 is 0 Å². The van der Waals surface area contributed by atoms with Crippen molar-refractivity contribution in [3.63, 3.8) is 0 Å². The number of phenols is 1. The smallest absolute Gasteiger partial charge is 0.309 e. The van der Waals surface area contributed by atoms with E-state index in [0.29, 0.717) is 18.8 Å². The summed E-state index contributed by atoms with van der Waals surface area (Å²) in [6, 6.07) is 13.0. The zero-order chi connectivity index (χ0) is 17.8. The molecule has 25 heavy (non-hydrogen) atoms. The van der Waals surface area contributed by atoms with E-state index in [-0.39, 0.29) is 23.6 Å². The van der Waals surface area contributed by atoms with Gasteiger partial charge in [0.15, 0.2) is 11.5 Å². The number of ether oxygens (including phenoxy) is 3. The molecule has 5 heteroatoms. The van der Waals surface area contributed by atoms with Crippen molar-refractivity contribution < 1.29 is 24.1 Å². The fraction of sp³-hybridized carbons (Fsp3) is 0.350. The van der Waals surface area contributed by atoms with E-state index in [1.54, 1.807) is 19.2 Å². The predicted molar refractivity (Wildman–Crippen MR) is 93.0 cm³/mol. The molecule has 132 valence electrons. The summed E-state index contributed by atoms with van der Waals surface area (Å²) >= 11 is 0. The molecule has 2 aromatic carbocycles. The average Bonchev–Trinajstić information content (AvgIpc) is 2.96. The van der Waals surface area contributed by atoms with Crippen molar-refractivity contribution in [1.82, 2.24) is 0 Å². The summed E-state index contributed by atoms with van der Waals surface area (Å²) in [5.41, 5.74) is 2.06. The Balaban J connectivity index is 1.75. The summed E-state index contributed by atoms with van der Waals surface area (Å²) < 4.78 is 15.7. The third-order valence-corrected chi connectivity index (χ3v) is 4.64. The molecule has 0 aliphatic carbocycles. The normalized spacial score (nSPS) is 19.5. The number of phenolic OH excluding ortho intramolecular Hbond substituents is 1. The van der Waals surface area contributed by atoms with Gasteiger partial charge in [-0.1, -0.05) is 18.2 Å². The first-order valence-corrected chi connectivity index (χ1v) is 8.26. The highest BCUT2D eigenvalue weighted by molar-refractivity contribution is 5.75. The van der Waals surface area contributed by atoms with Gasteiger partial charge in [-0.3, -0.25) is 4.79 Å². The molecule has 0 spiro atoms. The SMILES string of the molecule is COc1cccc(C[C@H]2COC(=O)[C@@H]2Cc2ccc(O)c(OC)c2)c1. The van der Waals surface area contributed by atoms with Crippen LogP contribution in [0.5, 0.6) is 17.2 Å². The van der Waals surface area contributed by atoms with Gasteiger partial charge in [0.05, 0.1) is 26.7 Å². The van der Waals surface area contributed by atoms with Crippen LogP contribution in [0.2, 0.25) is 0 Å². The summed E-state index contributed by atoms with van der Waals surface area (Å²) in [5, 5.41) is 9.72. The number of carbonyl (C=O) groups is 1. The lowest BCUT2D eigenvalue weighted by atomic mass is 9.85. The summed E-state index contributed by atoms with van der Waals surface area (Å²) in [6.07, 6.45) is 1.31. The molecule has 0 saturated carbocycles. The molecule has 3 rings (SSSR count). The van der Waals surface area contributed by atoms with Crippen molar-refractivity contribution >= 4 is 5.97 Å². The third-order valence-electron chi connectivity index (χ3n) is 4.64. The third kappa shape index (κ3) is 3.87. The summed E-state index contributed by atoms with van der Waals surface area (Å²) in [7, 11) is 3.15. The molecule has 0 bridgehead atoms. The van der Waals surface area contributed by atoms with Crippen LogP contribution < -0.4 is 9.47 Å². The van der Waals surface area contributed by atoms with Gasteiger partial charge in [0.2, 0.25) is 0 Å². The van der Waals surface area contributed by atoms with Crippen molar-refractivity contribution in [3.8, 4) is 17.2 Å². The molecule has 0 unspecified atom stereocenters. The van der Waals surface area contributed by atoms with E-state index < -0.39 is 0 Å². The van der Waals surface area contributed by atoms with Gasteiger partial charge in [-0.15, -0.1) is 0 Å². The molecule has 1 aliphatic rings. The number of carbonyl (C=O) groups excluding carboxylic acids is 1. The van der Waals surface area contributed by atoms with Crippen molar-refractivity contribution in [3.05, 3.63) is 53.6 Å². The lowest BCUT2D eigenvalue weighted by Gasteiger charge is -2.16. The topological polar surface area (TPSA) is 65.0 Å². The maximum atomic E-state index is 12.2. The highest BCUT2D eigenvalue weighted by atomic mass is 16.5. The number of cyclic esters (lactones) is 1. The zero-order valence-corrected chi connectivity index (χ0v) is 14.4. The van der Waals surface area contributed by atoms with Crippen LogP contribution in [0, 0.1) is 11.8 Å². The summed E-state index contributed by atoms with van der Waals surface area (Å²) in [6.45, 7) is 0.427. The van der Waals surface area contributed by atoms with E-state index in [1.165, 1.54) is 7.11 Å². The second kappa shape index (κ2) is 7.47. The number of rotatable bonds is 6. The van der Waals surface area contributed by atoms with Crippen molar-refractivity contribution in [1.29, 1.82) is 0 Å². The molecule has 2 aromatic rings. The Morgan fingerprint density at radius 2 is 1.88 bits per heavy atom. The first-order chi connectivity index (χ1) is 12.1. The largest absolute Gasteiger partial charge is 0.504 e. The van der Waals surface area contributed by atoms with Gasteiger partial charge in [0.1, 0.15) is 5.75 Å². The van der Waals surface area contributed by atoms with Crippen LogP contribution in [0.15, 0.2) is 42.5 Å². The second-order valence-electron chi connectivity index (χ2n) is 6.26. The molecule has 1 aliphatic heterocycles. The number of hydrogen-bond acceptors (Lipinski definition) is 5. The van der Waals surface area contributed by atoms with Crippen LogP contribution >= 0.6 is 0 Å². The molecule has 1 heterocycles. The van der Waals surface area contributed by atoms with Crippen LogP contribution in [0.1, 0.15) is 11.1 Å². The monoisotopic (exact) mass is 342 g/mol. The van der Waals surface area contributed by atoms with Gasteiger partial charge in [-0.25, -0.2) is 0 Å². The zero-order valence-electron chi connectivity index (χ0n) is 14.4. The maximum absolute atomic E-state index is 12.2. The van der Waals surface area contributed by atoms with E-state index in [0.717, 1.165) is 23.3 Å². The lowest BCUT2D eigenvalue weighted by molar-refractivity contribution is -0.141. The van der Waals surface area contributed by atoms with Gasteiger partial charge >= 0.3 is 5.97 Å². The number of benzene rings is 2. The quantitative estimate of drug-likeness (QED) is 0.818. The van der Waals surface area contributed by atoms with Crippen molar-refractivity contribution in [2.45, 2.75) is 12.8 Å². The van der Waals surface area contributed by atoms with Gasteiger partial charge in [0.25, 0.3) is 0 Å². The van der Waals surface area contributed by atoms with Crippen molar-refractivity contribution in [2.24, 2.45) is 11.8 Å². The van der Waals surface area contributed by atoms with Gasteiger partial charge in [-0.2, -0.15) is 0 Å². The predicted octanol–water partition coefficient (Wildman–Crippen LogP) is 2.98. The molecule has 5 nitrogen and oxygen atoms in total. The summed E-state index contributed by atoms with van der Waals surface area (Å²) in [5.74, 6) is 1.05. The Hall–Kier alpha value is -2.69. The van der Waals surface area contributed by atoms with Crippen LogP contribution in [-0.4, -0.2) is 31.9 Å². The number of esters is 1. The van der Waals surface area contributed by atoms with Crippen LogP contribution in [0.4, 0.5) is 0 Å². The van der Waals surface area contributed by atoms with Gasteiger partial charge in [-0.05, 0) is 48.2 Å². The second-order valence-corrected chi connectivity index (χ2v) is 6.26. The fourth-order valence-corrected chi connectivity index (χ4v) is 3.26. The molecule has 1 saturated heterocycles. The van der Waals surface area contributed by atoms with Crippen LogP contribution in [0.3, 0.4) is 0 Å². The summed E-state index contributed by atoms with van der Waals surface area (Å²) in [4.78, 5) is 12.2. The Labute approximate surface area is 147 Å². The minimum atomic E-state index is -0.208. The highest BCUT2D eigenvalue weighted by Gasteiger charge is 2.36. The molecule has 0 radical (unpaired) electrons. The van der Waals surface area contributed by atoms with E-state index in [2.05, 4.69) is 0 Å². The number of aromatic hydroxyl groups is 1. The Morgan fingerprint density at radius 3 is 2.64 bits per heavy atom. The molecule has 2 atom stereocenters. The Kier molecular flexibility index (Phi) is 5.12. The minimum absolute atomic E-state index is 0.0909. The highest BCUT2D eigenvalue weighted by Crippen LogP contribution is 2.32. The van der Waals surface area contributed by atoms with Gasteiger partial charge < -0.3 is 19.3 Å². The molecule has 1 N–H and O–H groups in total. The van der Waals surface area contributed by atoms with E-state index in [1.807, 2.05) is 30.3 Å². The lowest BCUT2D eigenvalue weighted by Crippen LogP contribution is -2.20. The molecule has 0 amide bonds. The van der Waals surface area contributed by atoms with Crippen LogP contribution in [0.25, 0.3) is 0 Å². The molecule has 0 aromatic heterocycles. The Bertz CT molecular complexity index is 756. The number of methoxy groups -OCH3 is 2. The first kappa shape index (κ1) is 17.1. The minimum Gasteiger partial charge on any atom is -0.504 e. The molecule has 1 fully saturated rings. The average molecular weight is 342 g/mol. The first-order valence-electron chi connectivity index (χ1n) is 8.26. The Morgan fingerprint density at radius 1 is 1.08 bits per heavy atom. The maximum Gasteiger partial charge on any atom is 0.309 e. The number of hydrogen-bond donors (Lipinski definition) is 1. The standard InChI is InChI=1S/C20H22O5/c1-23-16-5-3-4-13(9-16)8-15-12-25-20(22)17(15)10-14-6-7-18(21)19(11-14)24-2/h3-7,9,11,15,17,21H,8,10,12H2,1-2H3/t15-,17+/m0/s1. The fourth-order valence-electron chi connectivity index (χ4n) is 3.26. The molecular formula is C20H22O5. The van der Waals surface area contributed by atoms with E-state index in [9.17, 15) is 9.90 Å². The van der Waals surface area contributed by atoms with Gasteiger partial charge in [0, 0.05) is 5.92 Å².